The first-order chi connectivity index (χ1) is 13.6. The molecule has 0 fully saturated rings. The first-order valence-corrected chi connectivity index (χ1v) is 10.2. The molecule has 0 aliphatic rings. The molecule has 0 radical (unpaired) electrons. The van der Waals surface area contributed by atoms with Crippen LogP contribution in [0.1, 0.15) is 22.3 Å². The third-order valence-corrected chi connectivity index (χ3v) is 5.15. The van der Waals surface area contributed by atoms with Gasteiger partial charge in [-0.2, -0.15) is 0 Å². The van der Waals surface area contributed by atoms with E-state index >= 15 is 0 Å². The number of aliphatic hydroxyl groups excluding tert-OH is 1. The first kappa shape index (κ1) is 20.2. The minimum absolute atomic E-state index is 0.00613. The molecule has 28 heavy (non-hydrogen) atoms. The Morgan fingerprint density at radius 2 is 2.18 bits per heavy atom. The lowest BCUT2D eigenvalue weighted by atomic mass is 10.1. The molecule has 1 amide bonds. The molecule has 0 aliphatic heterocycles. The number of hydroxylamine groups is 1. The maximum absolute atomic E-state index is 12.8. The van der Waals surface area contributed by atoms with E-state index in [1.54, 1.807) is 24.0 Å². The van der Waals surface area contributed by atoms with Crippen molar-refractivity contribution in [3.63, 3.8) is 0 Å². The lowest BCUT2D eigenvalue weighted by Gasteiger charge is -2.14. The lowest BCUT2D eigenvalue weighted by Crippen LogP contribution is -2.25. The molecule has 3 N–H and O–H groups in total. The van der Waals surface area contributed by atoms with E-state index in [9.17, 15) is 4.79 Å². The number of aromatic nitrogens is 2. The maximum atomic E-state index is 12.8. The average Bonchev–Trinajstić information content (AvgIpc) is 2.99. The van der Waals surface area contributed by atoms with Gasteiger partial charge in [-0.05, 0) is 55.5 Å². The summed E-state index contributed by atoms with van der Waals surface area (Å²) in [6.07, 6.45) is 4.18. The van der Waals surface area contributed by atoms with E-state index in [4.69, 9.17) is 9.94 Å². The average molecular weight is 401 g/mol. The van der Waals surface area contributed by atoms with Gasteiger partial charge in [0.1, 0.15) is 11.5 Å². The smallest absolute Gasteiger partial charge is 0.279 e. The predicted octanol–water partition coefficient (Wildman–Crippen LogP) is 3.39. The molecule has 7 nitrogen and oxygen atoms in total. The van der Waals surface area contributed by atoms with Crippen molar-refractivity contribution in [2.24, 2.45) is 7.05 Å². The number of thioether (sulfide) groups is 1. The third kappa shape index (κ3) is 4.14. The number of benzene rings is 1. The summed E-state index contributed by atoms with van der Waals surface area (Å²) in [7, 11) is 1.87. The van der Waals surface area contributed by atoms with Gasteiger partial charge < -0.3 is 15.0 Å². The molecule has 3 aromatic rings. The summed E-state index contributed by atoms with van der Waals surface area (Å²) >= 11 is 1.68. The second-order valence-corrected chi connectivity index (χ2v) is 7.20. The Morgan fingerprint density at radius 3 is 2.89 bits per heavy atom. The van der Waals surface area contributed by atoms with Gasteiger partial charge in [-0.25, -0.2) is 10.5 Å². The highest BCUT2D eigenvalue weighted by atomic mass is 32.2. The molecule has 2 aromatic heterocycles. The Morgan fingerprint density at radius 1 is 1.36 bits per heavy atom. The lowest BCUT2D eigenvalue weighted by molar-refractivity contribution is 0.0264. The van der Waals surface area contributed by atoms with Crippen LogP contribution in [-0.4, -0.2) is 40.0 Å². The molecular weight excluding hydrogens is 376 g/mol. The van der Waals surface area contributed by atoms with Gasteiger partial charge in [0.15, 0.2) is 0 Å². The van der Waals surface area contributed by atoms with Crippen LogP contribution in [0.25, 0.3) is 11.0 Å². The standard InChI is InChI=1S/C20H24N4O3S/c1-13-12-14(28-3)7-8-16(13)22-19-17(20(26)23-27-11-5-10-25)15-6-4-9-21-18(15)24(19)2/h4,6-9,12,22,25H,5,10-11H2,1-3H3,(H,23,26). The number of rotatable bonds is 8. The van der Waals surface area contributed by atoms with Gasteiger partial charge in [-0.15, -0.1) is 11.8 Å². The zero-order valence-corrected chi connectivity index (χ0v) is 17.0. The highest BCUT2D eigenvalue weighted by Gasteiger charge is 2.22. The monoisotopic (exact) mass is 400 g/mol. The second kappa shape index (κ2) is 9.09. The highest BCUT2D eigenvalue weighted by molar-refractivity contribution is 7.98. The number of hydrogen-bond donors (Lipinski definition) is 3. The van der Waals surface area contributed by atoms with Crippen molar-refractivity contribution >= 4 is 40.2 Å². The normalized spacial score (nSPS) is 11.0. The highest BCUT2D eigenvalue weighted by Crippen LogP contribution is 2.32. The molecule has 0 saturated heterocycles. The van der Waals surface area contributed by atoms with Gasteiger partial charge in [-0.3, -0.25) is 9.63 Å². The van der Waals surface area contributed by atoms with E-state index in [1.807, 2.05) is 43.0 Å². The summed E-state index contributed by atoms with van der Waals surface area (Å²) in [6, 6.07) is 9.81. The van der Waals surface area contributed by atoms with Crippen LogP contribution >= 0.6 is 11.8 Å². The Hall–Kier alpha value is -2.55. The van der Waals surface area contributed by atoms with Crippen LogP contribution < -0.4 is 10.8 Å². The number of nitrogens with zero attached hydrogens (tertiary/aromatic N) is 2. The molecule has 0 unspecified atom stereocenters. The number of carbonyl (C=O) groups excluding carboxylic acids is 1. The number of pyridine rings is 1. The molecule has 0 aliphatic carbocycles. The second-order valence-electron chi connectivity index (χ2n) is 6.32. The van der Waals surface area contributed by atoms with E-state index in [-0.39, 0.29) is 19.1 Å². The summed E-state index contributed by atoms with van der Waals surface area (Å²) in [6.45, 7) is 2.27. The number of hydrogen-bond acceptors (Lipinski definition) is 6. The van der Waals surface area contributed by atoms with Crippen molar-refractivity contribution in [1.29, 1.82) is 0 Å². The van der Waals surface area contributed by atoms with E-state index in [1.165, 1.54) is 4.90 Å². The fourth-order valence-electron chi connectivity index (χ4n) is 2.97. The quantitative estimate of drug-likeness (QED) is 0.305. The van der Waals surface area contributed by atoms with Crippen LogP contribution in [0.2, 0.25) is 0 Å². The molecule has 1 aromatic carbocycles. The minimum Gasteiger partial charge on any atom is -0.396 e. The van der Waals surface area contributed by atoms with Gasteiger partial charge in [0, 0.05) is 35.8 Å². The molecule has 8 heteroatoms. The van der Waals surface area contributed by atoms with Crippen molar-refractivity contribution in [2.45, 2.75) is 18.2 Å². The number of aliphatic hydroxyl groups is 1. The van der Waals surface area contributed by atoms with Crippen molar-refractivity contribution in [3.8, 4) is 0 Å². The zero-order valence-electron chi connectivity index (χ0n) is 16.2. The van der Waals surface area contributed by atoms with Crippen LogP contribution in [0.5, 0.6) is 0 Å². The van der Waals surface area contributed by atoms with E-state index in [2.05, 4.69) is 21.8 Å². The fourth-order valence-corrected chi connectivity index (χ4v) is 3.47. The Labute approximate surface area is 168 Å². The van der Waals surface area contributed by atoms with Gasteiger partial charge in [0.05, 0.1) is 12.2 Å². The van der Waals surface area contributed by atoms with Crippen LogP contribution in [-0.2, 0) is 11.9 Å². The Bertz CT molecular complexity index is 987. The molecule has 0 atom stereocenters. The van der Waals surface area contributed by atoms with Crippen molar-refractivity contribution < 1.29 is 14.7 Å². The summed E-state index contributed by atoms with van der Waals surface area (Å²) < 4.78 is 1.86. The Balaban J connectivity index is 1.99. The van der Waals surface area contributed by atoms with E-state index < -0.39 is 0 Å². The minimum atomic E-state index is -0.363. The molecule has 0 bridgehead atoms. The number of fused-ring (bicyclic) bond motifs is 1. The summed E-state index contributed by atoms with van der Waals surface area (Å²) in [4.78, 5) is 23.6. The fraction of sp³-hybridized carbons (Fsp3) is 0.300. The molecule has 0 spiro atoms. The summed E-state index contributed by atoms with van der Waals surface area (Å²) in [5.74, 6) is 0.273. The number of nitrogens with one attached hydrogen (secondary N) is 2. The largest absolute Gasteiger partial charge is 0.396 e. The van der Waals surface area contributed by atoms with E-state index in [0.29, 0.717) is 23.4 Å². The van der Waals surface area contributed by atoms with E-state index in [0.717, 1.165) is 16.6 Å². The van der Waals surface area contributed by atoms with Crippen LogP contribution in [0.3, 0.4) is 0 Å². The molecule has 148 valence electrons. The molecular formula is C20H24N4O3S. The topological polar surface area (TPSA) is 88.4 Å². The number of anilines is 2. The molecule has 2 heterocycles. The number of aryl methyl sites for hydroxylation is 2. The maximum Gasteiger partial charge on any atom is 0.279 e. The van der Waals surface area contributed by atoms with Crippen molar-refractivity contribution in [3.05, 3.63) is 47.7 Å². The van der Waals surface area contributed by atoms with Gasteiger partial charge in [-0.1, -0.05) is 0 Å². The van der Waals surface area contributed by atoms with Gasteiger partial charge >= 0.3 is 0 Å². The molecule has 0 saturated carbocycles. The van der Waals surface area contributed by atoms with Gasteiger partial charge in [0.2, 0.25) is 0 Å². The van der Waals surface area contributed by atoms with Crippen molar-refractivity contribution in [1.82, 2.24) is 15.0 Å². The molecule has 3 rings (SSSR count). The number of carbonyl (C=O) groups is 1. The summed E-state index contributed by atoms with van der Waals surface area (Å²) in [5.41, 5.74) is 5.62. The van der Waals surface area contributed by atoms with Crippen LogP contribution in [0, 0.1) is 6.92 Å². The van der Waals surface area contributed by atoms with Gasteiger partial charge in [0.25, 0.3) is 5.91 Å². The predicted molar refractivity (Wildman–Crippen MR) is 112 cm³/mol. The van der Waals surface area contributed by atoms with Crippen LogP contribution in [0.4, 0.5) is 11.5 Å². The number of amides is 1. The third-order valence-electron chi connectivity index (χ3n) is 4.43. The Kier molecular flexibility index (Phi) is 6.56. The first-order valence-electron chi connectivity index (χ1n) is 8.95. The summed E-state index contributed by atoms with van der Waals surface area (Å²) in [5, 5.41) is 13.0. The van der Waals surface area contributed by atoms with Crippen LogP contribution in [0.15, 0.2) is 41.4 Å². The SMILES string of the molecule is CSc1ccc(Nc2c(C(=O)NOCCCO)c3cccnc3n2C)c(C)c1. The zero-order chi connectivity index (χ0) is 20.1. The van der Waals surface area contributed by atoms with Crippen molar-refractivity contribution in [2.75, 3.05) is 24.8 Å².